The number of aromatic nitrogens is 3. The second-order valence-corrected chi connectivity index (χ2v) is 4.56. The summed E-state index contributed by atoms with van der Waals surface area (Å²) >= 11 is 5.75. The molecule has 92 valence electrons. The highest BCUT2D eigenvalue weighted by Gasteiger charge is 2.22. The Morgan fingerprint density at radius 3 is 2.89 bits per heavy atom. The van der Waals surface area contributed by atoms with Gasteiger partial charge in [0.25, 0.3) is 0 Å². The zero-order valence-electron chi connectivity index (χ0n) is 9.60. The van der Waals surface area contributed by atoms with Gasteiger partial charge in [-0.25, -0.2) is 0 Å². The average Bonchev–Trinajstić information content (AvgIpc) is 2.72. The van der Waals surface area contributed by atoms with E-state index in [0.717, 1.165) is 12.8 Å². The van der Waals surface area contributed by atoms with Crippen molar-refractivity contribution in [3.63, 3.8) is 0 Å². The van der Waals surface area contributed by atoms with E-state index in [1.165, 1.54) is 11.1 Å². The second kappa shape index (κ2) is 4.42. The summed E-state index contributed by atoms with van der Waals surface area (Å²) in [6.07, 6.45) is 2.07. The van der Waals surface area contributed by atoms with Crippen LogP contribution in [0.15, 0.2) is 24.3 Å². The molecule has 0 amide bonds. The molecule has 1 aromatic carbocycles. The van der Waals surface area contributed by atoms with E-state index < -0.39 is 0 Å². The number of halogens is 1. The van der Waals surface area contributed by atoms with E-state index in [9.17, 15) is 0 Å². The van der Waals surface area contributed by atoms with E-state index in [0.29, 0.717) is 5.95 Å². The Morgan fingerprint density at radius 1 is 1.22 bits per heavy atom. The molecular weight excluding hydrogens is 250 g/mol. The second-order valence-electron chi connectivity index (χ2n) is 4.22. The number of aryl methyl sites for hydroxylation is 1. The Kier molecular flexibility index (Phi) is 2.76. The van der Waals surface area contributed by atoms with Gasteiger partial charge < -0.3 is 11.1 Å². The Morgan fingerprint density at radius 2 is 2.06 bits per heavy atom. The first-order valence-electron chi connectivity index (χ1n) is 5.74. The Balaban J connectivity index is 1.86. The highest BCUT2D eigenvalue weighted by atomic mass is 35.5. The van der Waals surface area contributed by atoms with Crippen molar-refractivity contribution in [2.24, 2.45) is 0 Å². The normalized spacial score (nSPS) is 17.5. The molecule has 0 spiro atoms. The maximum atomic E-state index is 5.75. The van der Waals surface area contributed by atoms with Crippen LogP contribution in [0.2, 0.25) is 5.28 Å². The number of nitrogens with one attached hydrogen (secondary N) is 1. The number of benzene rings is 1. The monoisotopic (exact) mass is 261 g/mol. The molecule has 0 radical (unpaired) electrons. The Labute approximate surface area is 109 Å². The van der Waals surface area contributed by atoms with Crippen LogP contribution < -0.4 is 11.1 Å². The van der Waals surface area contributed by atoms with Crippen LogP contribution in [0.25, 0.3) is 0 Å². The van der Waals surface area contributed by atoms with Crippen molar-refractivity contribution in [2.75, 3.05) is 11.1 Å². The molecule has 1 aliphatic rings. The topological polar surface area (TPSA) is 76.7 Å². The minimum atomic E-state index is 0.108. The van der Waals surface area contributed by atoms with Gasteiger partial charge in [0.2, 0.25) is 17.2 Å². The van der Waals surface area contributed by atoms with Gasteiger partial charge in [-0.15, -0.1) is 0 Å². The fourth-order valence-corrected chi connectivity index (χ4v) is 2.46. The van der Waals surface area contributed by atoms with Crippen LogP contribution in [0.3, 0.4) is 0 Å². The lowest BCUT2D eigenvalue weighted by Gasteiger charge is -2.13. The van der Waals surface area contributed by atoms with Gasteiger partial charge in [0, 0.05) is 0 Å². The fourth-order valence-electron chi connectivity index (χ4n) is 2.29. The Bertz CT molecular complexity index is 566. The first-order valence-corrected chi connectivity index (χ1v) is 6.11. The molecule has 1 aliphatic carbocycles. The van der Waals surface area contributed by atoms with Crippen LogP contribution in [0.5, 0.6) is 0 Å². The molecule has 3 N–H and O–H groups in total. The molecule has 1 aromatic heterocycles. The van der Waals surface area contributed by atoms with Gasteiger partial charge in [-0.2, -0.15) is 15.0 Å². The van der Waals surface area contributed by atoms with Crippen LogP contribution in [0, 0.1) is 0 Å². The number of fused-ring (bicyclic) bond motifs is 1. The minimum absolute atomic E-state index is 0.108. The molecule has 0 saturated carbocycles. The molecule has 0 saturated heterocycles. The van der Waals surface area contributed by atoms with E-state index >= 15 is 0 Å². The summed E-state index contributed by atoms with van der Waals surface area (Å²) in [6.45, 7) is 0. The molecule has 0 fully saturated rings. The number of nitrogens with zero attached hydrogens (tertiary/aromatic N) is 3. The SMILES string of the molecule is Nc1nc(Cl)nc(N[C@H]2CCc3ccccc32)n1. The number of anilines is 2. The molecule has 0 unspecified atom stereocenters. The van der Waals surface area contributed by atoms with Gasteiger partial charge in [0.1, 0.15) is 0 Å². The lowest BCUT2D eigenvalue weighted by molar-refractivity contribution is 0.749. The first-order chi connectivity index (χ1) is 8.72. The zero-order chi connectivity index (χ0) is 12.5. The molecule has 0 bridgehead atoms. The number of hydrogen-bond acceptors (Lipinski definition) is 5. The maximum absolute atomic E-state index is 5.75. The van der Waals surface area contributed by atoms with Crippen molar-refractivity contribution >= 4 is 23.5 Å². The van der Waals surface area contributed by atoms with Gasteiger partial charge in [0.05, 0.1) is 6.04 Å². The van der Waals surface area contributed by atoms with Gasteiger partial charge in [0.15, 0.2) is 0 Å². The zero-order valence-corrected chi connectivity index (χ0v) is 10.4. The highest BCUT2D eigenvalue weighted by molar-refractivity contribution is 6.28. The predicted octanol–water partition coefficient (Wildman–Crippen LogP) is 2.21. The number of nitrogen functional groups attached to an aromatic ring is 1. The van der Waals surface area contributed by atoms with Crippen LogP contribution in [0.1, 0.15) is 23.6 Å². The fraction of sp³-hybridized carbons (Fsp3) is 0.250. The first kappa shape index (κ1) is 11.2. The smallest absolute Gasteiger partial charge is 0.229 e. The molecule has 6 heteroatoms. The van der Waals surface area contributed by atoms with Crippen molar-refractivity contribution in [3.8, 4) is 0 Å². The molecule has 2 aromatic rings. The summed E-state index contributed by atoms with van der Waals surface area (Å²) in [5.41, 5.74) is 8.19. The van der Waals surface area contributed by atoms with Gasteiger partial charge in [-0.05, 0) is 35.6 Å². The summed E-state index contributed by atoms with van der Waals surface area (Å²) in [6, 6.07) is 8.56. The van der Waals surface area contributed by atoms with E-state index in [1.54, 1.807) is 0 Å². The van der Waals surface area contributed by atoms with Crippen molar-refractivity contribution in [1.82, 2.24) is 15.0 Å². The minimum Gasteiger partial charge on any atom is -0.368 e. The standard InChI is InChI=1S/C12H12ClN5/c13-10-16-11(14)18-12(17-10)15-9-6-5-7-3-1-2-4-8(7)9/h1-4,9H,5-6H2,(H3,14,15,16,17,18)/t9-/m0/s1. The van der Waals surface area contributed by atoms with Crippen molar-refractivity contribution in [2.45, 2.75) is 18.9 Å². The Hall–Kier alpha value is -1.88. The van der Waals surface area contributed by atoms with E-state index in [2.05, 4.69) is 38.5 Å². The molecular formula is C12H12ClN5. The van der Waals surface area contributed by atoms with Crippen molar-refractivity contribution in [1.29, 1.82) is 0 Å². The number of rotatable bonds is 2. The predicted molar refractivity (Wildman–Crippen MR) is 70.4 cm³/mol. The van der Waals surface area contributed by atoms with Gasteiger partial charge in [-0.1, -0.05) is 24.3 Å². The highest BCUT2D eigenvalue weighted by Crippen LogP contribution is 2.32. The van der Waals surface area contributed by atoms with Gasteiger partial charge >= 0.3 is 0 Å². The lowest BCUT2D eigenvalue weighted by atomic mass is 10.1. The number of nitrogens with two attached hydrogens (primary N) is 1. The van der Waals surface area contributed by atoms with E-state index in [4.69, 9.17) is 17.3 Å². The van der Waals surface area contributed by atoms with Crippen LogP contribution in [-0.4, -0.2) is 15.0 Å². The summed E-state index contributed by atoms with van der Waals surface area (Å²) in [5, 5.41) is 3.36. The maximum Gasteiger partial charge on any atom is 0.229 e. The third-order valence-corrected chi connectivity index (χ3v) is 3.23. The molecule has 0 aliphatic heterocycles. The quantitative estimate of drug-likeness (QED) is 0.867. The average molecular weight is 262 g/mol. The molecule has 1 atom stereocenters. The van der Waals surface area contributed by atoms with Crippen molar-refractivity contribution in [3.05, 3.63) is 40.7 Å². The lowest BCUT2D eigenvalue weighted by Crippen LogP contribution is -2.11. The third kappa shape index (κ3) is 2.09. The molecule has 1 heterocycles. The van der Waals surface area contributed by atoms with Crippen LogP contribution >= 0.6 is 11.6 Å². The summed E-state index contributed by atoms with van der Waals surface area (Å²) < 4.78 is 0. The molecule has 3 rings (SSSR count). The van der Waals surface area contributed by atoms with E-state index in [-0.39, 0.29) is 17.3 Å². The number of hydrogen-bond donors (Lipinski definition) is 2. The molecule has 18 heavy (non-hydrogen) atoms. The van der Waals surface area contributed by atoms with Crippen LogP contribution in [-0.2, 0) is 6.42 Å². The third-order valence-electron chi connectivity index (χ3n) is 3.06. The van der Waals surface area contributed by atoms with E-state index in [1.807, 2.05) is 6.07 Å². The van der Waals surface area contributed by atoms with Crippen molar-refractivity contribution < 1.29 is 0 Å². The molecule has 5 nitrogen and oxygen atoms in total. The van der Waals surface area contributed by atoms with Gasteiger partial charge in [-0.3, -0.25) is 0 Å². The summed E-state index contributed by atoms with van der Waals surface area (Å²) in [5.74, 6) is 0.554. The van der Waals surface area contributed by atoms with Crippen LogP contribution in [0.4, 0.5) is 11.9 Å². The summed E-state index contributed by atoms with van der Waals surface area (Å²) in [7, 11) is 0. The summed E-state index contributed by atoms with van der Waals surface area (Å²) in [4.78, 5) is 11.8. The largest absolute Gasteiger partial charge is 0.368 e.